The lowest BCUT2D eigenvalue weighted by atomic mass is 9.96. The zero-order valence-electron chi connectivity index (χ0n) is 18.9. The number of piperazine rings is 1. The summed E-state index contributed by atoms with van der Waals surface area (Å²) >= 11 is 3.46. The van der Waals surface area contributed by atoms with Crippen molar-refractivity contribution in [2.75, 3.05) is 26.2 Å². The largest absolute Gasteiger partial charge is 0.386 e. The number of rotatable bonds is 7. The number of nitrogens with one attached hydrogen (secondary N) is 1. The van der Waals surface area contributed by atoms with Gasteiger partial charge in [0, 0.05) is 43.4 Å². The number of amides is 1. The Balaban J connectivity index is 1.40. The highest BCUT2D eigenvalue weighted by Crippen LogP contribution is 2.29. The molecule has 4 rings (SSSR count). The number of nitriles is 1. The van der Waals surface area contributed by atoms with Gasteiger partial charge < -0.3 is 10.2 Å². The van der Waals surface area contributed by atoms with Gasteiger partial charge in [0.1, 0.15) is 11.6 Å². The molecule has 0 aromatic heterocycles. The van der Waals surface area contributed by atoms with Crippen LogP contribution in [-0.4, -0.2) is 41.9 Å². The Hall–Kier alpha value is -3.40. The van der Waals surface area contributed by atoms with Gasteiger partial charge in [0.05, 0.1) is 6.04 Å². The van der Waals surface area contributed by atoms with Crippen LogP contribution in [0.4, 0.5) is 0 Å². The number of carbonyl (C=O) groups is 1. The van der Waals surface area contributed by atoms with Crippen molar-refractivity contribution in [3.63, 3.8) is 0 Å². The van der Waals surface area contributed by atoms with E-state index in [9.17, 15) is 10.1 Å². The molecule has 1 saturated heterocycles. The Bertz CT molecular complexity index is 1130. The van der Waals surface area contributed by atoms with Gasteiger partial charge in [-0.3, -0.25) is 9.69 Å². The molecule has 0 radical (unpaired) electrons. The van der Waals surface area contributed by atoms with Crippen LogP contribution in [0.5, 0.6) is 0 Å². The predicted molar refractivity (Wildman–Crippen MR) is 138 cm³/mol. The van der Waals surface area contributed by atoms with Crippen LogP contribution in [0, 0.1) is 11.3 Å². The van der Waals surface area contributed by atoms with Gasteiger partial charge in [0.2, 0.25) is 0 Å². The minimum Gasteiger partial charge on any atom is -0.386 e. The molecular formula is C28H27BrN4O. The van der Waals surface area contributed by atoms with Gasteiger partial charge in [-0.25, -0.2) is 0 Å². The van der Waals surface area contributed by atoms with E-state index in [1.54, 1.807) is 4.90 Å². The molecule has 0 bridgehead atoms. The molecule has 1 aliphatic rings. The third-order valence-electron chi connectivity index (χ3n) is 5.99. The highest BCUT2D eigenvalue weighted by molar-refractivity contribution is 9.10. The van der Waals surface area contributed by atoms with Crippen molar-refractivity contribution in [3.8, 4) is 6.07 Å². The summed E-state index contributed by atoms with van der Waals surface area (Å²) in [5, 5.41) is 12.7. The van der Waals surface area contributed by atoms with E-state index in [0.29, 0.717) is 19.6 Å². The second kappa shape index (κ2) is 11.6. The van der Waals surface area contributed by atoms with Crippen LogP contribution in [0.25, 0.3) is 0 Å². The molecule has 1 N–H and O–H groups in total. The van der Waals surface area contributed by atoms with Crippen molar-refractivity contribution in [1.82, 2.24) is 15.1 Å². The van der Waals surface area contributed by atoms with Crippen molar-refractivity contribution in [2.45, 2.75) is 12.6 Å². The molecule has 1 fully saturated rings. The van der Waals surface area contributed by atoms with Crippen LogP contribution >= 0.6 is 15.9 Å². The van der Waals surface area contributed by atoms with Gasteiger partial charge in [-0.2, -0.15) is 5.26 Å². The standard InChI is InChI=1S/C28H27BrN4O/c29-26-13-7-8-22(18-26)20-31-21-25(19-30)28(34)33-16-14-32(15-17-33)27(23-9-3-1-4-10-23)24-11-5-2-6-12-24/h1-13,18,21,27,31H,14-17,20H2/b25-21-. The molecule has 0 unspecified atom stereocenters. The summed E-state index contributed by atoms with van der Waals surface area (Å²) in [6, 6.07) is 31.1. The van der Waals surface area contributed by atoms with E-state index in [1.807, 2.05) is 36.4 Å². The molecule has 1 amide bonds. The Morgan fingerprint density at radius 2 is 1.56 bits per heavy atom. The Morgan fingerprint density at radius 1 is 0.941 bits per heavy atom. The minimum atomic E-state index is -0.222. The summed E-state index contributed by atoms with van der Waals surface area (Å²) in [5.41, 5.74) is 3.67. The predicted octanol–water partition coefficient (Wildman–Crippen LogP) is 4.88. The average Bonchev–Trinajstić information content (AvgIpc) is 2.88. The Morgan fingerprint density at radius 3 is 2.12 bits per heavy atom. The van der Waals surface area contributed by atoms with E-state index in [2.05, 4.69) is 80.7 Å². The van der Waals surface area contributed by atoms with Crippen molar-refractivity contribution < 1.29 is 4.79 Å². The van der Waals surface area contributed by atoms with Crippen molar-refractivity contribution in [3.05, 3.63) is 118 Å². The Labute approximate surface area is 209 Å². The lowest BCUT2D eigenvalue weighted by Crippen LogP contribution is -2.50. The van der Waals surface area contributed by atoms with Gasteiger partial charge in [-0.15, -0.1) is 0 Å². The summed E-state index contributed by atoms with van der Waals surface area (Å²) < 4.78 is 0.995. The van der Waals surface area contributed by atoms with E-state index in [-0.39, 0.29) is 17.5 Å². The lowest BCUT2D eigenvalue weighted by molar-refractivity contribution is -0.128. The van der Waals surface area contributed by atoms with Gasteiger partial charge in [0.15, 0.2) is 0 Å². The summed E-state index contributed by atoms with van der Waals surface area (Å²) in [4.78, 5) is 17.2. The van der Waals surface area contributed by atoms with Crippen molar-refractivity contribution >= 4 is 21.8 Å². The number of nitrogens with zero attached hydrogens (tertiary/aromatic N) is 3. The summed E-state index contributed by atoms with van der Waals surface area (Å²) in [6.45, 7) is 3.19. The van der Waals surface area contributed by atoms with E-state index in [1.165, 1.54) is 17.3 Å². The van der Waals surface area contributed by atoms with E-state index in [0.717, 1.165) is 23.1 Å². The van der Waals surface area contributed by atoms with Crippen molar-refractivity contribution in [2.24, 2.45) is 0 Å². The Kier molecular flexibility index (Phi) is 8.13. The first-order valence-corrected chi connectivity index (χ1v) is 12.2. The molecule has 0 aliphatic carbocycles. The van der Waals surface area contributed by atoms with E-state index < -0.39 is 0 Å². The SMILES string of the molecule is N#C/C(=C/NCc1cccc(Br)c1)C(=O)N1CCN(C(c2ccccc2)c2ccccc2)CC1. The number of benzene rings is 3. The van der Waals surface area contributed by atoms with Crippen LogP contribution in [0.3, 0.4) is 0 Å². The maximum Gasteiger partial charge on any atom is 0.266 e. The first-order valence-electron chi connectivity index (χ1n) is 11.4. The second-order valence-electron chi connectivity index (χ2n) is 8.23. The normalized spacial score (nSPS) is 14.6. The molecule has 172 valence electrons. The molecule has 3 aromatic rings. The highest BCUT2D eigenvalue weighted by atomic mass is 79.9. The van der Waals surface area contributed by atoms with Gasteiger partial charge in [-0.1, -0.05) is 88.7 Å². The van der Waals surface area contributed by atoms with E-state index in [4.69, 9.17) is 0 Å². The summed E-state index contributed by atoms with van der Waals surface area (Å²) in [6.07, 6.45) is 1.53. The van der Waals surface area contributed by atoms with Gasteiger partial charge in [0.25, 0.3) is 5.91 Å². The molecule has 0 atom stereocenters. The van der Waals surface area contributed by atoms with Gasteiger partial charge in [-0.05, 0) is 28.8 Å². The number of hydrogen-bond donors (Lipinski definition) is 1. The van der Waals surface area contributed by atoms with Crippen LogP contribution in [0.1, 0.15) is 22.7 Å². The molecule has 5 nitrogen and oxygen atoms in total. The molecule has 1 heterocycles. The average molecular weight is 515 g/mol. The molecule has 3 aromatic carbocycles. The van der Waals surface area contributed by atoms with Gasteiger partial charge >= 0.3 is 0 Å². The fourth-order valence-corrected chi connectivity index (χ4v) is 4.74. The van der Waals surface area contributed by atoms with Crippen LogP contribution in [-0.2, 0) is 11.3 Å². The molecule has 1 aliphatic heterocycles. The number of hydrogen-bond acceptors (Lipinski definition) is 4. The fraction of sp³-hybridized carbons (Fsp3) is 0.214. The second-order valence-corrected chi connectivity index (χ2v) is 9.15. The molecule has 0 saturated carbocycles. The lowest BCUT2D eigenvalue weighted by Gasteiger charge is -2.39. The monoisotopic (exact) mass is 514 g/mol. The quantitative estimate of drug-likeness (QED) is 0.360. The zero-order chi connectivity index (χ0) is 23.8. The topological polar surface area (TPSA) is 59.4 Å². The first-order chi connectivity index (χ1) is 16.7. The van der Waals surface area contributed by atoms with E-state index >= 15 is 0 Å². The molecular weight excluding hydrogens is 488 g/mol. The smallest absolute Gasteiger partial charge is 0.266 e. The fourth-order valence-electron chi connectivity index (χ4n) is 4.30. The highest BCUT2D eigenvalue weighted by Gasteiger charge is 2.29. The maximum absolute atomic E-state index is 13.0. The van der Waals surface area contributed by atoms with Crippen LogP contribution in [0.15, 0.2) is 101 Å². The zero-order valence-corrected chi connectivity index (χ0v) is 20.5. The third-order valence-corrected chi connectivity index (χ3v) is 6.48. The summed E-state index contributed by atoms with van der Waals surface area (Å²) in [7, 11) is 0. The van der Waals surface area contributed by atoms with Crippen LogP contribution < -0.4 is 5.32 Å². The number of halogens is 1. The van der Waals surface area contributed by atoms with Crippen molar-refractivity contribution in [1.29, 1.82) is 5.26 Å². The maximum atomic E-state index is 13.0. The minimum absolute atomic E-state index is 0.131. The molecule has 6 heteroatoms. The third kappa shape index (κ3) is 5.93. The van der Waals surface area contributed by atoms with Crippen LogP contribution in [0.2, 0.25) is 0 Å². The first kappa shape index (κ1) is 23.7. The molecule has 34 heavy (non-hydrogen) atoms. The number of carbonyl (C=O) groups excluding carboxylic acids is 1. The molecule has 0 spiro atoms. The summed E-state index contributed by atoms with van der Waals surface area (Å²) in [5.74, 6) is -0.222.